The number of ether oxygens (including phenoxy) is 3. The number of rotatable bonds is 7. The third-order valence-corrected chi connectivity index (χ3v) is 4.46. The molecule has 2 aliphatic heterocycles. The summed E-state index contributed by atoms with van der Waals surface area (Å²) < 4.78 is 18.2. The van der Waals surface area contributed by atoms with E-state index in [9.17, 15) is 5.11 Å². The van der Waals surface area contributed by atoms with Gasteiger partial charge in [-0.15, -0.1) is 0 Å². The molecule has 8 heteroatoms. The van der Waals surface area contributed by atoms with Crippen LogP contribution in [0, 0.1) is 0 Å². The molecule has 0 radical (unpaired) electrons. The van der Waals surface area contributed by atoms with E-state index < -0.39 is 6.10 Å². The number of aryl methyl sites for hydroxylation is 1. The van der Waals surface area contributed by atoms with Crippen LogP contribution in [0.5, 0.6) is 11.5 Å². The van der Waals surface area contributed by atoms with Gasteiger partial charge in [0.15, 0.2) is 11.5 Å². The van der Waals surface area contributed by atoms with Gasteiger partial charge in [-0.05, 0) is 24.1 Å². The van der Waals surface area contributed by atoms with Gasteiger partial charge in [0.2, 0.25) is 6.79 Å². The molecule has 2 atom stereocenters. The zero-order chi connectivity index (χ0) is 17.1. The summed E-state index contributed by atoms with van der Waals surface area (Å²) in [6, 6.07) is 6.03. The van der Waals surface area contributed by atoms with Crippen molar-refractivity contribution in [2.45, 2.75) is 38.1 Å². The lowest BCUT2D eigenvalue weighted by molar-refractivity contribution is 0.0269. The molecule has 3 heterocycles. The molecule has 0 saturated heterocycles. The van der Waals surface area contributed by atoms with Crippen molar-refractivity contribution >= 4 is 0 Å². The van der Waals surface area contributed by atoms with Gasteiger partial charge in [0.05, 0.1) is 25.9 Å². The summed E-state index contributed by atoms with van der Waals surface area (Å²) in [4.78, 5) is 4.22. The number of aliphatic hydroxyl groups excluding tert-OH is 1. The van der Waals surface area contributed by atoms with Crippen molar-refractivity contribution in [3.05, 3.63) is 35.9 Å². The molecule has 0 unspecified atom stereocenters. The van der Waals surface area contributed by atoms with Gasteiger partial charge in [-0.3, -0.25) is 0 Å². The summed E-state index contributed by atoms with van der Waals surface area (Å²) in [6.45, 7) is 2.26. The fourth-order valence-corrected chi connectivity index (χ4v) is 3.11. The molecule has 0 fully saturated rings. The second-order valence-electron chi connectivity index (χ2n) is 6.36. The Hall–Kier alpha value is -2.16. The van der Waals surface area contributed by atoms with Crippen LogP contribution in [-0.2, 0) is 24.3 Å². The average molecular weight is 346 g/mol. The fourth-order valence-electron chi connectivity index (χ4n) is 3.11. The number of aromatic nitrogens is 3. The monoisotopic (exact) mass is 346 g/mol. The van der Waals surface area contributed by atoms with E-state index in [1.807, 2.05) is 22.9 Å². The van der Waals surface area contributed by atoms with E-state index >= 15 is 0 Å². The Kier molecular flexibility index (Phi) is 4.82. The predicted octanol–water partition coefficient (Wildman–Crippen LogP) is 0.489. The lowest BCUT2D eigenvalue weighted by Crippen LogP contribution is -2.42. The first-order valence-electron chi connectivity index (χ1n) is 8.52. The lowest BCUT2D eigenvalue weighted by atomic mass is 10.1. The average Bonchev–Trinajstić information content (AvgIpc) is 3.28. The number of nitrogens with one attached hydrogen (secondary N) is 1. The Balaban J connectivity index is 1.17. The van der Waals surface area contributed by atoms with Crippen molar-refractivity contribution in [3.8, 4) is 11.5 Å². The van der Waals surface area contributed by atoms with Crippen LogP contribution in [0.15, 0.2) is 24.5 Å². The van der Waals surface area contributed by atoms with E-state index in [1.165, 1.54) is 0 Å². The van der Waals surface area contributed by atoms with Gasteiger partial charge >= 0.3 is 0 Å². The van der Waals surface area contributed by atoms with Crippen LogP contribution in [0.3, 0.4) is 0 Å². The van der Waals surface area contributed by atoms with Crippen molar-refractivity contribution < 1.29 is 19.3 Å². The minimum absolute atomic E-state index is 0.265. The molecule has 8 nitrogen and oxygen atoms in total. The molecular formula is C17H22N4O4. The standard InChI is InChI=1S/C17H22N4O4/c22-14(6-18-13-2-4-17-19-10-20-21(17)7-13)9-23-8-12-1-3-15-16(5-12)25-11-24-15/h1,3,5,10,13-14,18,22H,2,4,6-9,11H2/t13-,14+/m1/s1. The molecule has 1 aromatic heterocycles. The van der Waals surface area contributed by atoms with E-state index in [0.717, 1.165) is 42.3 Å². The molecule has 25 heavy (non-hydrogen) atoms. The molecule has 2 aromatic rings. The molecule has 4 rings (SSSR count). The Morgan fingerprint density at radius 1 is 1.36 bits per heavy atom. The maximum Gasteiger partial charge on any atom is 0.231 e. The molecule has 2 N–H and O–H groups in total. The van der Waals surface area contributed by atoms with Crippen LogP contribution < -0.4 is 14.8 Å². The molecule has 134 valence electrons. The highest BCUT2D eigenvalue weighted by Crippen LogP contribution is 2.32. The van der Waals surface area contributed by atoms with Gasteiger partial charge in [0.1, 0.15) is 12.2 Å². The Labute approximate surface area is 145 Å². The maximum absolute atomic E-state index is 10.1. The number of aliphatic hydroxyl groups is 1. The number of nitrogens with zero attached hydrogens (tertiary/aromatic N) is 3. The number of fused-ring (bicyclic) bond motifs is 2. The van der Waals surface area contributed by atoms with Gasteiger partial charge in [0, 0.05) is 19.0 Å². The van der Waals surface area contributed by atoms with Crippen molar-refractivity contribution in [1.82, 2.24) is 20.1 Å². The normalized spacial score (nSPS) is 19.6. The predicted molar refractivity (Wildman–Crippen MR) is 88.4 cm³/mol. The SMILES string of the molecule is O[C@@H](CN[C@@H]1CCc2ncnn2C1)COCc1ccc2c(c1)OCO2. The van der Waals surface area contributed by atoms with Crippen LogP contribution in [0.4, 0.5) is 0 Å². The lowest BCUT2D eigenvalue weighted by Gasteiger charge is -2.24. The van der Waals surface area contributed by atoms with Crippen molar-refractivity contribution in [3.63, 3.8) is 0 Å². The Bertz CT molecular complexity index is 720. The van der Waals surface area contributed by atoms with Crippen LogP contribution in [0.25, 0.3) is 0 Å². The van der Waals surface area contributed by atoms with Crippen molar-refractivity contribution in [2.24, 2.45) is 0 Å². The first-order valence-corrected chi connectivity index (χ1v) is 8.52. The molecule has 0 spiro atoms. The quantitative estimate of drug-likeness (QED) is 0.754. The van der Waals surface area contributed by atoms with E-state index in [4.69, 9.17) is 14.2 Å². The highest BCUT2D eigenvalue weighted by Gasteiger charge is 2.20. The summed E-state index contributed by atoms with van der Waals surface area (Å²) in [6.07, 6.45) is 2.96. The topological polar surface area (TPSA) is 90.7 Å². The van der Waals surface area contributed by atoms with E-state index in [1.54, 1.807) is 6.33 Å². The first-order chi connectivity index (χ1) is 12.3. The Morgan fingerprint density at radius 2 is 2.28 bits per heavy atom. The number of hydrogen-bond donors (Lipinski definition) is 2. The Morgan fingerprint density at radius 3 is 3.24 bits per heavy atom. The van der Waals surface area contributed by atoms with Gasteiger partial charge in [-0.25, -0.2) is 9.67 Å². The molecule has 0 amide bonds. The molecule has 1 aromatic carbocycles. The second-order valence-corrected chi connectivity index (χ2v) is 6.36. The molecule has 0 bridgehead atoms. The summed E-state index contributed by atoms with van der Waals surface area (Å²) >= 11 is 0. The van der Waals surface area contributed by atoms with Gasteiger partial charge in [0.25, 0.3) is 0 Å². The molecular weight excluding hydrogens is 324 g/mol. The van der Waals surface area contributed by atoms with Crippen LogP contribution >= 0.6 is 0 Å². The largest absolute Gasteiger partial charge is 0.454 e. The summed E-state index contributed by atoms with van der Waals surface area (Å²) in [5.41, 5.74) is 0.996. The first kappa shape index (κ1) is 16.3. The van der Waals surface area contributed by atoms with E-state index in [0.29, 0.717) is 19.2 Å². The summed E-state index contributed by atoms with van der Waals surface area (Å²) in [5.74, 6) is 2.54. The number of benzene rings is 1. The third kappa shape index (κ3) is 3.92. The third-order valence-electron chi connectivity index (χ3n) is 4.46. The van der Waals surface area contributed by atoms with Crippen LogP contribution in [0.1, 0.15) is 17.8 Å². The highest BCUT2D eigenvalue weighted by molar-refractivity contribution is 5.44. The zero-order valence-corrected chi connectivity index (χ0v) is 13.9. The van der Waals surface area contributed by atoms with E-state index in [2.05, 4.69) is 15.4 Å². The fraction of sp³-hybridized carbons (Fsp3) is 0.529. The summed E-state index contributed by atoms with van der Waals surface area (Å²) in [5, 5.41) is 17.7. The van der Waals surface area contributed by atoms with Gasteiger partial charge in [-0.1, -0.05) is 6.07 Å². The van der Waals surface area contributed by atoms with Crippen LogP contribution in [-0.4, -0.2) is 52.0 Å². The highest BCUT2D eigenvalue weighted by atomic mass is 16.7. The zero-order valence-electron chi connectivity index (χ0n) is 13.9. The molecule has 0 saturated carbocycles. The van der Waals surface area contributed by atoms with Crippen LogP contribution in [0.2, 0.25) is 0 Å². The molecule has 0 aliphatic carbocycles. The summed E-state index contributed by atoms with van der Waals surface area (Å²) in [7, 11) is 0. The van der Waals surface area contributed by atoms with Crippen molar-refractivity contribution in [2.75, 3.05) is 19.9 Å². The van der Waals surface area contributed by atoms with Crippen molar-refractivity contribution in [1.29, 1.82) is 0 Å². The second kappa shape index (κ2) is 7.38. The van der Waals surface area contributed by atoms with E-state index in [-0.39, 0.29) is 13.4 Å². The molecule has 2 aliphatic rings. The smallest absolute Gasteiger partial charge is 0.231 e. The maximum atomic E-state index is 10.1. The van der Waals surface area contributed by atoms with Gasteiger partial charge in [-0.2, -0.15) is 5.10 Å². The van der Waals surface area contributed by atoms with Gasteiger partial charge < -0.3 is 24.6 Å². The minimum atomic E-state index is -0.550. The minimum Gasteiger partial charge on any atom is -0.454 e. The number of hydrogen-bond acceptors (Lipinski definition) is 7.